The predicted molar refractivity (Wildman–Crippen MR) is 347 cm³/mol. The zero-order chi connectivity index (χ0) is 63.9. The zero-order valence-electron chi connectivity index (χ0n) is 52.7. The summed E-state index contributed by atoms with van der Waals surface area (Å²) in [4.78, 5) is 11.7. The Morgan fingerprint density at radius 1 is 0.512 bits per heavy atom. The van der Waals surface area contributed by atoms with Crippen molar-refractivity contribution in [2.24, 2.45) is 68.1 Å². The molecule has 15 N–H and O–H groups in total. The van der Waals surface area contributed by atoms with E-state index in [-0.39, 0.29) is 18.1 Å². The Bertz CT molecular complexity index is 3100. The van der Waals surface area contributed by atoms with Crippen LogP contribution in [-0.4, -0.2) is 105 Å². The summed E-state index contributed by atoms with van der Waals surface area (Å²) in [5.74, 6) is 39.6. The van der Waals surface area contributed by atoms with E-state index in [4.69, 9.17) is 49.3 Å². The number of hydrogen-bond donors (Lipinski definition) is 9. The first-order valence-electron chi connectivity index (χ1n) is 28.8. The Hall–Kier alpha value is -8.98. The molecule has 3 aromatic heterocycles. The van der Waals surface area contributed by atoms with Crippen molar-refractivity contribution in [3.05, 3.63) is 161 Å². The Morgan fingerprint density at radius 3 is 1.20 bits per heavy atom. The summed E-state index contributed by atoms with van der Waals surface area (Å²) in [6, 6.07) is 26.7. The molecule has 0 aliphatic carbocycles. The molecule has 0 unspecified atom stereocenters. The van der Waals surface area contributed by atoms with Gasteiger partial charge in [-0.1, -0.05) is 55.4 Å². The summed E-state index contributed by atoms with van der Waals surface area (Å²) in [6.07, 6.45) is 9.40. The average molecular weight is 1180 g/mol. The highest BCUT2D eigenvalue weighted by molar-refractivity contribution is 6.00. The molecule has 0 bridgehead atoms. The van der Waals surface area contributed by atoms with Crippen molar-refractivity contribution in [3.8, 4) is 23.3 Å². The van der Waals surface area contributed by atoms with Crippen LogP contribution in [0.5, 0.6) is 17.2 Å². The second-order valence-electron chi connectivity index (χ2n) is 21.8. The normalized spacial score (nSPS) is 12.4. The summed E-state index contributed by atoms with van der Waals surface area (Å²) in [5.41, 5.74) is 8.10. The number of benzene rings is 3. The predicted octanol–water partition coefficient (Wildman–Crippen LogP) is 9.20. The van der Waals surface area contributed by atoms with Crippen LogP contribution in [0.1, 0.15) is 115 Å². The molecule has 466 valence electrons. The Morgan fingerprint density at radius 2 is 0.849 bits per heavy atom. The molecule has 0 amide bonds. The number of hydrazine groups is 3. The van der Waals surface area contributed by atoms with Crippen molar-refractivity contribution in [1.29, 1.82) is 5.26 Å². The Kier molecular flexibility index (Phi) is 31.0. The van der Waals surface area contributed by atoms with Crippen LogP contribution < -0.4 is 65.2 Å². The smallest absolute Gasteiger partial charge is 0.169 e. The largest absolute Gasteiger partial charge is 0.491 e. The molecule has 6 rings (SSSR count). The fourth-order valence-corrected chi connectivity index (χ4v) is 8.42. The average Bonchev–Trinajstić information content (AvgIpc) is 3.62. The van der Waals surface area contributed by atoms with Crippen LogP contribution in [0.2, 0.25) is 0 Å². The van der Waals surface area contributed by atoms with Gasteiger partial charge in [-0.05, 0) is 155 Å². The lowest BCUT2D eigenvalue weighted by molar-refractivity contribution is 0.303. The maximum absolute atomic E-state index is 13.7. The van der Waals surface area contributed by atoms with Gasteiger partial charge in [0.15, 0.2) is 23.3 Å². The molecule has 22 nitrogen and oxygen atoms in total. The van der Waals surface area contributed by atoms with Crippen molar-refractivity contribution in [3.63, 3.8) is 0 Å². The molecule has 86 heavy (non-hydrogen) atoms. The van der Waals surface area contributed by atoms with Crippen LogP contribution in [0.15, 0.2) is 131 Å². The van der Waals surface area contributed by atoms with E-state index >= 15 is 0 Å². The molecule has 3 heterocycles. The molecule has 0 fully saturated rings. The van der Waals surface area contributed by atoms with Gasteiger partial charge < -0.3 is 47.7 Å². The van der Waals surface area contributed by atoms with Gasteiger partial charge in [-0.25, -0.2) is 21.9 Å². The first-order valence-corrected chi connectivity index (χ1v) is 28.8. The lowest BCUT2D eigenvalue weighted by Gasteiger charge is -2.23. The lowest BCUT2D eigenvalue weighted by Crippen LogP contribution is -2.41. The minimum Gasteiger partial charge on any atom is -0.491 e. The number of nitrogens with one attached hydrogen (secondary N) is 3. The maximum atomic E-state index is 13.7. The highest BCUT2D eigenvalue weighted by Crippen LogP contribution is 2.23. The molecule has 23 heteroatoms. The van der Waals surface area contributed by atoms with Crippen LogP contribution in [0.25, 0.3) is 0 Å². The number of amidine groups is 3. The topological polar surface area (TPSA) is 329 Å². The molecule has 3 aromatic carbocycles. The Labute approximate surface area is 509 Å². The monoisotopic (exact) mass is 1180 g/mol. The lowest BCUT2D eigenvalue weighted by atomic mass is 10.1. The van der Waals surface area contributed by atoms with Gasteiger partial charge in [0.05, 0.1) is 41.3 Å². The molecule has 6 aromatic rings. The molecular formula is C63H94FN19O3. The second-order valence-corrected chi connectivity index (χ2v) is 21.8. The number of nitriles is 1. The van der Waals surface area contributed by atoms with E-state index < -0.39 is 5.82 Å². The van der Waals surface area contributed by atoms with Crippen LogP contribution >= 0.6 is 0 Å². The standard InChI is InChI=1S/C21H29N7O.C20H29FN6O.C20H30N6O.C2H6/c1-14(2)12-28(24)21(27-23)17-7-15(3)8-19(9-17)29-13-16(4)26-20-5-6-25-11-18(20)10-22;1-13(2)11-27(23)20(26-22)16-7-14(3)8-17(9-16)28-12-15(4)25-19-5-6-24-10-18(19)21;1-14(2)12-26(22)20(25-21)17-9-15(3)10-19(11-17)27-13-16(4)24-18-5-7-23-8-6-18;1-2/h5-9,11,14,16H,12-13,23-24H2,1-4H3,(H,25,26);5-10,13,15H,11-12,22-23H2,1-4H3,(H,24,25);5-11,14,16H,12-13,21-22H2,1-4H3,(H,23,24);1-2H3/b27-21-;26-20-;25-20-;/t16-;15-;16-;/m000./s1. The molecular weight excluding hydrogens is 1090 g/mol. The molecule has 3 atom stereocenters. The fourth-order valence-electron chi connectivity index (χ4n) is 8.42. The van der Waals surface area contributed by atoms with E-state index in [0.717, 1.165) is 50.5 Å². The number of hydrogen-bond acceptors (Lipinski definition) is 19. The molecule has 0 radical (unpaired) electrons. The number of aromatic nitrogens is 3. The van der Waals surface area contributed by atoms with Gasteiger partial charge in [0, 0.05) is 73.0 Å². The van der Waals surface area contributed by atoms with Gasteiger partial charge in [0.25, 0.3) is 0 Å². The van der Waals surface area contributed by atoms with Gasteiger partial charge in [0.2, 0.25) is 0 Å². The summed E-state index contributed by atoms with van der Waals surface area (Å²) in [5, 5.41) is 35.2. The van der Waals surface area contributed by atoms with Gasteiger partial charge in [-0.2, -0.15) is 20.6 Å². The number of hydrazone groups is 3. The number of rotatable bonds is 24. The van der Waals surface area contributed by atoms with Gasteiger partial charge in [-0.15, -0.1) is 0 Å². The molecule has 0 spiro atoms. The van der Waals surface area contributed by atoms with Crippen molar-refractivity contribution in [2.45, 2.75) is 115 Å². The number of halogens is 1. The summed E-state index contributed by atoms with van der Waals surface area (Å²) >= 11 is 0. The van der Waals surface area contributed by atoms with Gasteiger partial charge in [0.1, 0.15) is 43.1 Å². The van der Waals surface area contributed by atoms with Crippen LogP contribution in [0.3, 0.4) is 0 Å². The third kappa shape index (κ3) is 25.1. The first-order chi connectivity index (χ1) is 41.0. The highest BCUT2D eigenvalue weighted by Gasteiger charge is 2.18. The quantitative estimate of drug-likeness (QED) is 0.0118. The summed E-state index contributed by atoms with van der Waals surface area (Å²) in [6.45, 7) is 31.6. The third-order valence-corrected chi connectivity index (χ3v) is 11.9. The minimum atomic E-state index is -0.399. The molecule has 0 saturated carbocycles. The van der Waals surface area contributed by atoms with Crippen LogP contribution in [0, 0.1) is 55.7 Å². The highest BCUT2D eigenvalue weighted by atomic mass is 19.1. The Balaban J connectivity index is 0.000000333. The fraction of sp³-hybridized carbons (Fsp3) is 0.413. The van der Waals surface area contributed by atoms with E-state index in [9.17, 15) is 9.65 Å². The van der Waals surface area contributed by atoms with E-state index in [1.807, 2.05) is 115 Å². The zero-order valence-corrected chi connectivity index (χ0v) is 52.7. The SMILES string of the molecule is CC.Cc1cc(OC[C@H](C)Nc2ccncc2)cc(/C(=N/N)N(N)CC(C)C)c1.Cc1cc(OC[C@H](C)Nc2ccncc2C#N)cc(/C(=N/N)N(N)CC(C)C)c1.Cc1cc(OC[C@H](C)Nc2ccncc2F)cc(/C(=N/N)N(N)CC(C)C)c1. The second kappa shape index (κ2) is 37.4. The van der Waals surface area contributed by atoms with Gasteiger partial charge >= 0.3 is 0 Å². The summed E-state index contributed by atoms with van der Waals surface area (Å²) < 4.78 is 31.6. The number of aryl methyl sites for hydroxylation is 3. The maximum Gasteiger partial charge on any atom is 0.169 e. The van der Waals surface area contributed by atoms with E-state index in [0.29, 0.717) is 97.5 Å². The molecule has 0 aliphatic rings. The minimum absolute atomic E-state index is 0.0249. The number of nitrogens with two attached hydrogens (primary N) is 6. The third-order valence-electron chi connectivity index (χ3n) is 11.9. The number of pyridine rings is 3. The van der Waals surface area contributed by atoms with E-state index in [1.165, 1.54) is 18.6 Å². The number of anilines is 3. The van der Waals surface area contributed by atoms with Crippen molar-refractivity contribution in [1.82, 2.24) is 30.0 Å². The number of ether oxygens (including phenoxy) is 3. The van der Waals surface area contributed by atoms with Crippen molar-refractivity contribution < 1.29 is 18.6 Å². The van der Waals surface area contributed by atoms with Crippen molar-refractivity contribution >= 4 is 34.6 Å². The van der Waals surface area contributed by atoms with Crippen LogP contribution in [-0.2, 0) is 0 Å². The summed E-state index contributed by atoms with van der Waals surface area (Å²) in [7, 11) is 0. The molecule has 0 saturated heterocycles. The van der Waals surface area contributed by atoms with E-state index in [2.05, 4.69) is 101 Å². The van der Waals surface area contributed by atoms with E-state index in [1.54, 1.807) is 45.8 Å². The van der Waals surface area contributed by atoms with Gasteiger partial charge in [-0.3, -0.25) is 30.0 Å². The molecule has 0 aliphatic heterocycles. The first kappa shape index (κ1) is 71.3. The van der Waals surface area contributed by atoms with Crippen LogP contribution in [0.4, 0.5) is 21.5 Å². The van der Waals surface area contributed by atoms with Crippen molar-refractivity contribution in [2.75, 3.05) is 55.4 Å². The number of nitrogens with zero attached hydrogens (tertiary/aromatic N) is 10.